The highest BCUT2D eigenvalue weighted by Crippen LogP contribution is 2.05. The van der Waals surface area contributed by atoms with Crippen molar-refractivity contribution >= 4 is 15.9 Å². The lowest BCUT2D eigenvalue weighted by atomic mass is 10.2. The van der Waals surface area contributed by atoms with Gasteiger partial charge in [-0.3, -0.25) is 0 Å². The molecule has 0 aliphatic heterocycles. The van der Waals surface area contributed by atoms with Crippen LogP contribution >= 0.6 is 0 Å². The van der Waals surface area contributed by atoms with E-state index in [1.165, 1.54) is 0 Å². The normalized spacial score (nSPS) is 11.2. The van der Waals surface area contributed by atoms with Gasteiger partial charge in [-0.2, -0.15) is 0 Å². The SMILES string of the molecule is NCCS(=O)(=O)CCN(Cc1ccccc1)C(=O)O. The molecule has 1 amide bonds. The number of benzene rings is 1. The molecule has 7 heteroatoms. The highest BCUT2D eigenvalue weighted by molar-refractivity contribution is 7.91. The number of carbonyl (C=O) groups is 1. The third-order valence-electron chi connectivity index (χ3n) is 2.59. The van der Waals surface area contributed by atoms with E-state index < -0.39 is 15.9 Å². The molecule has 0 aromatic heterocycles. The number of sulfone groups is 1. The monoisotopic (exact) mass is 286 g/mol. The van der Waals surface area contributed by atoms with Crippen LogP contribution in [0.5, 0.6) is 0 Å². The first kappa shape index (κ1) is 15.5. The predicted molar refractivity (Wildman–Crippen MR) is 72.6 cm³/mol. The largest absolute Gasteiger partial charge is 0.465 e. The second-order valence-corrected chi connectivity index (χ2v) is 6.43. The molecule has 0 heterocycles. The van der Waals surface area contributed by atoms with Crippen molar-refractivity contribution in [3.05, 3.63) is 35.9 Å². The lowest BCUT2D eigenvalue weighted by Gasteiger charge is -2.19. The van der Waals surface area contributed by atoms with E-state index in [-0.39, 0.29) is 31.1 Å². The van der Waals surface area contributed by atoms with Crippen LogP contribution in [-0.2, 0) is 16.4 Å². The predicted octanol–water partition coefficient (Wildman–Crippen LogP) is 0.540. The molecule has 6 nitrogen and oxygen atoms in total. The molecular formula is C12H18N2O4S. The minimum absolute atomic E-state index is 0.0490. The van der Waals surface area contributed by atoms with Crippen molar-refractivity contribution in [3.63, 3.8) is 0 Å². The molecule has 0 radical (unpaired) electrons. The molecule has 0 atom stereocenters. The zero-order chi connectivity index (χ0) is 14.3. The van der Waals surface area contributed by atoms with Gasteiger partial charge in [-0.25, -0.2) is 13.2 Å². The maximum Gasteiger partial charge on any atom is 0.407 e. The summed E-state index contributed by atoms with van der Waals surface area (Å²) < 4.78 is 23.0. The summed E-state index contributed by atoms with van der Waals surface area (Å²) in [7, 11) is -3.28. The van der Waals surface area contributed by atoms with Crippen molar-refractivity contribution in [3.8, 4) is 0 Å². The van der Waals surface area contributed by atoms with E-state index in [0.717, 1.165) is 10.5 Å². The van der Waals surface area contributed by atoms with Gasteiger partial charge in [0.1, 0.15) is 0 Å². The molecule has 0 unspecified atom stereocenters. The van der Waals surface area contributed by atoms with Crippen LogP contribution in [0, 0.1) is 0 Å². The minimum atomic E-state index is -3.28. The summed E-state index contributed by atoms with van der Waals surface area (Å²) >= 11 is 0. The summed E-state index contributed by atoms with van der Waals surface area (Å²) in [5.41, 5.74) is 6.02. The number of hydrogen-bond acceptors (Lipinski definition) is 4. The Labute approximate surface area is 112 Å². The number of carboxylic acid groups (broad SMARTS) is 1. The molecule has 0 fully saturated rings. The fourth-order valence-corrected chi connectivity index (χ4v) is 2.64. The zero-order valence-electron chi connectivity index (χ0n) is 10.5. The number of nitrogens with zero attached hydrogens (tertiary/aromatic N) is 1. The van der Waals surface area contributed by atoms with E-state index in [2.05, 4.69) is 0 Å². The molecule has 0 saturated heterocycles. The smallest absolute Gasteiger partial charge is 0.407 e. The van der Waals surface area contributed by atoms with E-state index in [1.54, 1.807) is 24.3 Å². The molecule has 1 aromatic carbocycles. The summed E-state index contributed by atoms with van der Waals surface area (Å²) in [6.07, 6.45) is -1.13. The van der Waals surface area contributed by atoms with Gasteiger partial charge in [0.2, 0.25) is 0 Å². The van der Waals surface area contributed by atoms with Crippen molar-refractivity contribution < 1.29 is 18.3 Å². The van der Waals surface area contributed by atoms with Crippen LogP contribution in [0.3, 0.4) is 0 Å². The average Bonchev–Trinajstić information content (AvgIpc) is 2.35. The van der Waals surface area contributed by atoms with Crippen LogP contribution in [0.1, 0.15) is 5.56 Å². The Hall–Kier alpha value is -1.60. The molecule has 0 bridgehead atoms. The molecular weight excluding hydrogens is 268 g/mol. The third kappa shape index (κ3) is 5.71. The van der Waals surface area contributed by atoms with Gasteiger partial charge >= 0.3 is 6.09 Å². The van der Waals surface area contributed by atoms with Crippen LogP contribution in [-0.4, -0.2) is 49.1 Å². The van der Waals surface area contributed by atoms with Crippen LogP contribution in [0.15, 0.2) is 30.3 Å². The highest BCUT2D eigenvalue weighted by Gasteiger charge is 2.17. The Bertz CT molecular complexity index is 502. The average molecular weight is 286 g/mol. The van der Waals surface area contributed by atoms with Gasteiger partial charge in [0.25, 0.3) is 0 Å². The lowest BCUT2D eigenvalue weighted by molar-refractivity contribution is 0.145. The second-order valence-electron chi connectivity index (χ2n) is 4.13. The Morgan fingerprint density at radius 2 is 1.84 bits per heavy atom. The minimum Gasteiger partial charge on any atom is -0.465 e. The van der Waals surface area contributed by atoms with Gasteiger partial charge < -0.3 is 15.7 Å². The number of hydrogen-bond donors (Lipinski definition) is 2. The second kappa shape index (κ2) is 7.10. The first-order valence-corrected chi connectivity index (χ1v) is 7.69. The lowest BCUT2D eigenvalue weighted by Crippen LogP contribution is -2.34. The molecule has 1 aromatic rings. The fraction of sp³-hybridized carbons (Fsp3) is 0.417. The summed E-state index contributed by atoms with van der Waals surface area (Å²) in [5, 5.41) is 9.07. The Morgan fingerprint density at radius 3 is 2.37 bits per heavy atom. The van der Waals surface area contributed by atoms with Gasteiger partial charge in [0, 0.05) is 19.6 Å². The molecule has 0 saturated carbocycles. The van der Waals surface area contributed by atoms with Crippen LogP contribution < -0.4 is 5.73 Å². The molecule has 19 heavy (non-hydrogen) atoms. The van der Waals surface area contributed by atoms with E-state index in [0.29, 0.717) is 0 Å². The van der Waals surface area contributed by atoms with Gasteiger partial charge in [-0.05, 0) is 5.56 Å². The molecule has 0 spiro atoms. The number of nitrogens with two attached hydrogens (primary N) is 1. The first-order valence-electron chi connectivity index (χ1n) is 5.87. The fourth-order valence-electron chi connectivity index (χ4n) is 1.58. The molecule has 0 aliphatic rings. The third-order valence-corrected chi connectivity index (χ3v) is 4.25. The first-order chi connectivity index (χ1) is 8.94. The number of rotatable bonds is 7. The van der Waals surface area contributed by atoms with Crippen molar-refractivity contribution in [2.45, 2.75) is 6.54 Å². The standard InChI is InChI=1S/C12H18N2O4S/c13-6-8-19(17,18)9-7-14(12(15)16)10-11-4-2-1-3-5-11/h1-5H,6-10,13H2,(H,15,16). The molecule has 0 aliphatic carbocycles. The highest BCUT2D eigenvalue weighted by atomic mass is 32.2. The van der Waals surface area contributed by atoms with Crippen LogP contribution in [0.4, 0.5) is 4.79 Å². The Morgan fingerprint density at radius 1 is 1.21 bits per heavy atom. The van der Waals surface area contributed by atoms with Gasteiger partial charge in [0.05, 0.1) is 11.5 Å². The summed E-state index contributed by atoms with van der Waals surface area (Å²) in [6.45, 7) is 0.176. The maximum absolute atomic E-state index is 11.5. The molecule has 1 rings (SSSR count). The van der Waals surface area contributed by atoms with Crippen LogP contribution in [0.25, 0.3) is 0 Å². The van der Waals surface area contributed by atoms with E-state index >= 15 is 0 Å². The Kier molecular flexibility index (Phi) is 5.78. The van der Waals surface area contributed by atoms with Gasteiger partial charge in [-0.1, -0.05) is 30.3 Å². The van der Waals surface area contributed by atoms with Gasteiger partial charge in [0.15, 0.2) is 9.84 Å². The van der Waals surface area contributed by atoms with Crippen molar-refractivity contribution in [1.29, 1.82) is 0 Å². The topological polar surface area (TPSA) is 101 Å². The van der Waals surface area contributed by atoms with Gasteiger partial charge in [-0.15, -0.1) is 0 Å². The van der Waals surface area contributed by atoms with E-state index in [4.69, 9.17) is 10.8 Å². The van der Waals surface area contributed by atoms with E-state index in [9.17, 15) is 13.2 Å². The number of amides is 1. The quantitative estimate of drug-likeness (QED) is 0.762. The zero-order valence-corrected chi connectivity index (χ0v) is 11.3. The maximum atomic E-state index is 11.5. The van der Waals surface area contributed by atoms with Crippen molar-refractivity contribution in [1.82, 2.24) is 4.90 Å². The van der Waals surface area contributed by atoms with Crippen molar-refractivity contribution in [2.75, 3.05) is 24.6 Å². The van der Waals surface area contributed by atoms with Crippen LogP contribution in [0.2, 0.25) is 0 Å². The van der Waals surface area contributed by atoms with Crippen molar-refractivity contribution in [2.24, 2.45) is 5.73 Å². The summed E-state index contributed by atoms with van der Waals surface area (Å²) in [5.74, 6) is -0.324. The summed E-state index contributed by atoms with van der Waals surface area (Å²) in [6, 6.07) is 9.04. The Balaban J connectivity index is 2.62. The van der Waals surface area contributed by atoms with E-state index in [1.807, 2.05) is 6.07 Å². The molecule has 3 N–H and O–H groups in total. The molecule has 106 valence electrons. The summed E-state index contributed by atoms with van der Waals surface area (Å²) in [4.78, 5) is 12.2.